The van der Waals surface area contributed by atoms with Crippen molar-refractivity contribution in [1.29, 1.82) is 0 Å². The van der Waals surface area contributed by atoms with Crippen LogP contribution < -0.4 is 0 Å². The van der Waals surface area contributed by atoms with Crippen LogP contribution in [0.25, 0.3) is 0 Å². The van der Waals surface area contributed by atoms with Crippen LogP contribution in [0.5, 0.6) is 0 Å². The van der Waals surface area contributed by atoms with E-state index in [0.717, 1.165) is 37.9 Å². The molecule has 1 aromatic carbocycles. The van der Waals surface area contributed by atoms with Gasteiger partial charge in [0.2, 0.25) is 0 Å². The van der Waals surface area contributed by atoms with Gasteiger partial charge in [-0.15, -0.1) is 10.2 Å². The molecule has 1 unspecified atom stereocenters. The fourth-order valence-electron chi connectivity index (χ4n) is 3.27. The highest BCUT2D eigenvalue weighted by molar-refractivity contribution is 5.50. The molecule has 0 bridgehead atoms. The Kier molecular flexibility index (Phi) is 4.34. The standard InChI is InChI=1S/C17H21N3O2/c1-2-8-20-16(18-19-17(20)15(22)7-9-21)14-10-12-5-3-4-6-13(12)11-14/h3-6,9,14-15,22H,2,7-8,10-11H2,1H3. The van der Waals surface area contributed by atoms with Crippen LogP contribution in [-0.4, -0.2) is 26.2 Å². The Labute approximate surface area is 130 Å². The van der Waals surface area contributed by atoms with E-state index in [1.54, 1.807) is 0 Å². The van der Waals surface area contributed by atoms with Gasteiger partial charge in [-0.05, 0) is 30.4 Å². The Morgan fingerprint density at radius 1 is 1.32 bits per heavy atom. The lowest BCUT2D eigenvalue weighted by Crippen LogP contribution is -2.14. The van der Waals surface area contributed by atoms with Crippen LogP contribution in [0.1, 0.15) is 54.6 Å². The molecule has 116 valence electrons. The Hall–Kier alpha value is -2.01. The lowest BCUT2D eigenvalue weighted by atomic mass is 10.1. The summed E-state index contributed by atoms with van der Waals surface area (Å²) in [5, 5.41) is 18.6. The zero-order chi connectivity index (χ0) is 15.5. The quantitative estimate of drug-likeness (QED) is 0.830. The summed E-state index contributed by atoms with van der Waals surface area (Å²) in [5.41, 5.74) is 2.74. The number of fused-ring (bicyclic) bond motifs is 1. The molecule has 0 radical (unpaired) electrons. The third kappa shape index (κ3) is 2.68. The predicted molar refractivity (Wildman–Crippen MR) is 82.5 cm³/mol. The number of aliphatic hydroxyl groups excluding tert-OH is 1. The summed E-state index contributed by atoms with van der Waals surface area (Å²) in [6, 6.07) is 8.46. The molecule has 1 aliphatic rings. The van der Waals surface area contributed by atoms with Gasteiger partial charge in [-0.1, -0.05) is 31.2 Å². The summed E-state index contributed by atoms with van der Waals surface area (Å²) in [4.78, 5) is 10.7. The predicted octanol–water partition coefficient (Wildman–Crippen LogP) is 2.19. The SMILES string of the molecule is CCCn1c(C(O)CC=O)nnc1C1Cc2ccccc2C1. The summed E-state index contributed by atoms with van der Waals surface area (Å²) in [5.74, 6) is 1.74. The van der Waals surface area contributed by atoms with Crippen molar-refractivity contribution >= 4 is 6.29 Å². The van der Waals surface area contributed by atoms with E-state index in [4.69, 9.17) is 0 Å². The van der Waals surface area contributed by atoms with Gasteiger partial charge in [0, 0.05) is 18.9 Å². The third-order valence-electron chi connectivity index (χ3n) is 4.29. The van der Waals surface area contributed by atoms with Gasteiger partial charge in [-0.25, -0.2) is 0 Å². The van der Waals surface area contributed by atoms with E-state index >= 15 is 0 Å². The van der Waals surface area contributed by atoms with Crippen LogP contribution in [0.15, 0.2) is 24.3 Å². The van der Waals surface area contributed by atoms with Crippen LogP contribution in [-0.2, 0) is 24.2 Å². The van der Waals surface area contributed by atoms with E-state index in [1.807, 2.05) is 4.57 Å². The van der Waals surface area contributed by atoms with Gasteiger partial charge in [0.15, 0.2) is 5.82 Å². The molecule has 1 atom stereocenters. The number of aromatic nitrogens is 3. The minimum Gasteiger partial charge on any atom is -0.385 e. The number of hydrogen-bond donors (Lipinski definition) is 1. The molecule has 5 heteroatoms. The van der Waals surface area contributed by atoms with Crippen molar-refractivity contribution in [3.8, 4) is 0 Å². The van der Waals surface area contributed by atoms with E-state index < -0.39 is 6.10 Å². The number of benzene rings is 1. The first-order chi connectivity index (χ1) is 10.7. The fraction of sp³-hybridized carbons (Fsp3) is 0.471. The average Bonchev–Trinajstić information content (AvgIpc) is 3.11. The molecular formula is C17H21N3O2. The minimum atomic E-state index is -0.867. The van der Waals surface area contributed by atoms with Gasteiger partial charge in [-0.3, -0.25) is 0 Å². The smallest absolute Gasteiger partial charge is 0.162 e. The highest BCUT2D eigenvalue weighted by Gasteiger charge is 2.29. The summed E-state index contributed by atoms with van der Waals surface area (Å²) in [6.07, 6.45) is 2.77. The molecule has 1 aliphatic carbocycles. The monoisotopic (exact) mass is 299 g/mol. The van der Waals surface area contributed by atoms with Crippen LogP contribution in [0.3, 0.4) is 0 Å². The Balaban J connectivity index is 1.90. The Morgan fingerprint density at radius 3 is 2.59 bits per heavy atom. The van der Waals surface area contributed by atoms with Crippen molar-refractivity contribution < 1.29 is 9.90 Å². The minimum absolute atomic E-state index is 0.0622. The first-order valence-electron chi connectivity index (χ1n) is 7.86. The third-order valence-corrected chi connectivity index (χ3v) is 4.29. The van der Waals surface area contributed by atoms with Crippen LogP contribution in [0.4, 0.5) is 0 Å². The molecule has 0 fully saturated rings. The van der Waals surface area contributed by atoms with Crippen LogP contribution in [0, 0.1) is 0 Å². The summed E-state index contributed by atoms with van der Waals surface area (Å²) in [6.45, 7) is 2.85. The molecule has 0 amide bonds. The van der Waals surface area contributed by atoms with Gasteiger partial charge in [0.25, 0.3) is 0 Å². The van der Waals surface area contributed by atoms with Crippen LogP contribution >= 0.6 is 0 Å². The molecule has 0 spiro atoms. The zero-order valence-electron chi connectivity index (χ0n) is 12.8. The van der Waals surface area contributed by atoms with Crippen molar-refractivity contribution in [3.05, 3.63) is 47.0 Å². The average molecular weight is 299 g/mol. The zero-order valence-corrected chi connectivity index (χ0v) is 12.8. The molecule has 22 heavy (non-hydrogen) atoms. The van der Waals surface area contributed by atoms with Gasteiger partial charge in [0.05, 0.1) is 0 Å². The molecule has 2 aromatic rings. The second-order valence-corrected chi connectivity index (χ2v) is 5.86. The van der Waals surface area contributed by atoms with Gasteiger partial charge in [-0.2, -0.15) is 0 Å². The number of carbonyl (C=O) groups excluding carboxylic acids is 1. The number of rotatable bonds is 6. The maximum Gasteiger partial charge on any atom is 0.162 e. The van der Waals surface area contributed by atoms with Gasteiger partial charge in [0.1, 0.15) is 18.2 Å². The summed E-state index contributed by atoms with van der Waals surface area (Å²) >= 11 is 0. The number of aldehydes is 1. The number of carbonyl (C=O) groups is 1. The first-order valence-corrected chi connectivity index (χ1v) is 7.86. The lowest BCUT2D eigenvalue weighted by Gasteiger charge is -2.15. The van der Waals surface area contributed by atoms with Crippen molar-refractivity contribution in [3.63, 3.8) is 0 Å². The Morgan fingerprint density at radius 2 is 2.00 bits per heavy atom. The second-order valence-electron chi connectivity index (χ2n) is 5.86. The van der Waals surface area contributed by atoms with E-state index in [-0.39, 0.29) is 6.42 Å². The van der Waals surface area contributed by atoms with Crippen molar-refractivity contribution in [2.45, 2.75) is 51.2 Å². The van der Waals surface area contributed by atoms with E-state index in [1.165, 1.54) is 11.1 Å². The molecule has 1 aromatic heterocycles. The van der Waals surface area contributed by atoms with Crippen LogP contribution in [0.2, 0.25) is 0 Å². The molecule has 0 aliphatic heterocycles. The van der Waals surface area contributed by atoms with Crippen molar-refractivity contribution in [1.82, 2.24) is 14.8 Å². The number of aliphatic hydroxyl groups is 1. The molecule has 1 heterocycles. The van der Waals surface area contributed by atoms with E-state index in [2.05, 4.69) is 41.4 Å². The molecule has 1 N–H and O–H groups in total. The van der Waals surface area contributed by atoms with Crippen molar-refractivity contribution in [2.24, 2.45) is 0 Å². The normalized spacial score (nSPS) is 15.7. The summed E-state index contributed by atoms with van der Waals surface area (Å²) < 4.78 is 2.00. The number of nitrogens with zero attached hydrogens (tertiary/aromatic N) is 3. The second kappa shape index (κ2) is 6.40. The van der Waals surface area contributed by atoms with E-state index in [9.17, 15) is 9.90 Å². The lowest BCUT2D eigenvalue weighted by molar-refractivity contribution is -0.109. The Bertz CT molecular complexity index is 641. The van der Waals surface area contributed by atoms with Crippen molar-refractivity contribution in [2.75, 3.05) is 0 Å². The first kappa shape index (κ1) is 14.9. The summed E-state index contributed by atoms with van der Waals surface area (Å²) in [7, 11) is 0. The maximum absolute atomic E-state index is 10.7. The largest absolute Gasteiger partial charge is 0.385 e. The molecule has 0 saturated heterocycles. The van der Waals surface area contributed by atoms with E-state index in [0.29, 0.717) is 11.7 Å². The molecule has 5 nitrogen and oxygen atoms in total. The highest BCUT2D eigenvalue weighted by Crippen LogP contribution is 2.34. The van der Waals surface area contributed by atoms with Gasteiger partial charge >= 0.3 is 0 Å². The molecular weight excluding hydrogens is 278 g/mol. The molecule has 3 rings (SSSR count). The fourth-order valence-corrected chi connectivity index (χ4v) is 3.27. The maximum atomic E-state index is 10.7. The molecule has 0 saturated carbocycles. The van der Waals surface area contributed by atoms with Gasteiger partial charge < -0.3 is 14.5 Å². The highest BCUT2D eigenvalue weighted by atomic mass is 16.3. The topological polar surface area (TPSA) is 68.0 Å². The number of hydrogen-bond acceptors (Lipinski definition) is 4.